The van der Waals surface area contributed by atoms with E-state index in [4.69, 9.17) is 10.5 Å². The van der Waals surface area contributed by atoms with E-state index >= 15 is 0 Å². The number of methoxy groups -OCH3 is 1. The molecule has 3 rings (SSSR count). The normalized spacial score (nSPS) is 11.7. The van der Waals surface area contributed by atoms with Crippen LogP contribution >= 0.6 is 0 Å². The van der Waals surface area contributed by atoms with Gasteiger partial charge in [0.2, 0.25) is 11.6 Å². The Bertz CT molecular complexity index is 1070. The van der Waals surface area contributed by atoms with Crippen molar-refractivity contribution >= 4 is 17.4 Å². The van der Waals surface area contributed by atoms with Gasteiger partial charge < -0.3 is 10.5 Å². The minimum absolute atomic E-state index is 0.0459. The van der Waals surface area contributed by atoms with Gasteiger partial charge in [0.1, 0.15) is 5.75 Å². The number of rotatable bonds is 9. The van der Waals surface area contributed by atoms with E-state index in [-0.39, 0.29) is 17.3 Å². The van der Waals surface area contributed by atoms with E-state index in [0.717, 1.165) is 18.7 Å². The van der Waals surface area contributed by atoms with Crippen molar-refractivity contribution in [2.45, 2.75) is 27.3 Å². The van der Waals surface area contributed by atoms with E-state index < -0.39 is 5.91 Å². The lowest BCUT2D eigenvalue weighted by Crippen LogP contribution is -2.27. The molecule has 0 aliphatic rings. The molecule has 3 aromatic rings. The molecule has 31 heavy (non-hydrogen) atoms. The van der Waals surface area contributed by atoms with Gasteiger partial charge in [-0.2, -0.15) is 9.78 Å². The molecule has 0 saturated heterocycles. The third kappa shape index (κ3) is 4.86. The molecular weight excluding hydrogens is 402 g/mol. The first-order valence-electron chi connectivity index (χ1n) is 9.72. The molecule has 2 heterocycles. The lowest BCUT2D eigenvalue weighted by atomic mass is 10.1. The zero-order valence-electron chi connectivity index (χ0n) is 17.9. The fraction of sp³-hybridized carbons (Fsp3) is 0.368. The van der Waals surface area contributed by atoms with Gasteiger partial charge in [-0.1, -0.05) is 31.2 Å². The average molecular weight is 427 g/mol. The number of carbonyl (C=O) groups is 1. The topological polar surface area (TPSA) is 150 Å². The van der Waals surface area contributed by atoms with Crippen LogP contribution in [0.5, 0.6) is 5.75 Å². The van der Waals surface area contributed by atoms with Crippen LogP contribution in [0.4, 0.5) is 5.82 Å². The number of amides is 1. The highest BCUT2D eigenvalue weighted by Gasteiger charge is 2.25. The summed E-state index contributed by atoms with van der Waals surface area (Å²) in [7, 11) is 1.59. The van der Waals surface area contributed by atoms with E-state index in [1.54, 1.807) is 14.0 Å². The Morgan fingerprint density at radius 3 is 2.74 bits per heavy atom. The molecule has 2 aromatic heterocycles. The molecule has 0 unspecified atom stereocenters. The second-order valence-corrected chi connectivity index (χ2v) is 6.60. The SMILES string of the molecule is CCN(CC)Cc1c(C(=O)N/N=C(\C)c2cccc(OC)c2)nnn1-c1nonc1N. The second-order valence-electron chi connectivity index (χ2n) is 6.60. The molecule has 0 radical (unpaired) electrons. The number of hydrogen-bond acceptors (Lipinski definition) is 10. The van der Waals surface area contributed by atoms with Crippen molar-refractivity contribution in [2.75, 3.05) is 25.9 Å². The van der Waals surface area contributed by atoms with Crippen molar-refractivity contribution in [3.05, 3.63) is 41.2 Å². The molecule has 164 valence electrons. The van der Waals surface area contributed by atoms with Gasteiger partial charge in [0.15, 0.2) is 5.69 Å². The van der Waals surface area contributed by atoms with Crippen LogP contribution in [0.2, 0.25) is 0 Å². The fourth-order valence-electron chi connectivity index (χ4n) is 2.89. The Kier molecular flexibility index (Phi) is 6.92. The third-order valence-electron chi connectivity index (χ3n) is 4.75. The number of nitrogens with zero attached hydrogens (tertiary/aromatic N) is 7. The zero-order valence-corrected chi connectivity index (χ0v) is 17.9. The molecule has 0 fully saturated rings. The first kappa shape index (κ1) is 21.9. The van der Waals surface area contributed by atoms with Crippen LogP contribution in [-0.4, -0.2) is 62.0 Å². The molecule has 0 saturated carbocycles. The number of anilines is 1. The predicted molar refractivity (Wildman–Crippen MR) is 113 cm³/mol. The third-order valence-corrected chi connectivity index (χ3v) is 4.75. The number of nitrogen functional groups attached to an aromatic ring is 1. The summed E-state index contributed by atoms with van der Waals surface area (Å²) in [5.41, 5.74) is 10.4. The number of hydrogen-bond donors (Lipinski definition) is 2. The highest BCUT2D eigenvalue weighted by atomic mass is 16.6. The number of nitrogens with one attached hydrogen (secondary N) is 1. The van der Waals surface area contributed by atoms with E-state index in [1.807, 2.05) is 38.1 Å². The molecule has 0 bridgehead atoms. The van der Waals surface area contributed by atoms with Gasteiger partial charge in [0, 0.05) is 12.1 Å². The first-order chi connectivity index (χ1) is 15.0. The van der Waals surface area contributed by atoms with E-state index in [9.17, 15) is 4.79 Å². The molecule has 12 nitrogen and oxygen atoms in total. The van der Waals surface area contributed by atoms with Gasteiger partial charge in [-0.3, -0.25) is 9.69 Å². The Hall–Kier alpha value is -3.80. The molecule has 1 aromatic carbocycles. The summed E-state index contributed by atoms with van der Waals surface area (Å²) in [6.45, 7) is 7.75. The van der Waals surface area contributed by atoms with Gasteiger partial charge in [0.25, 0.3) is 5.91 Å². The Morgan fingerprint density at radius 1 is 1.32 bits per heavy atom. The van der Waals surface area contributed by atoms with Crippen LogP contribution in [0.3, 0.4) is 0 Å². The Labute approximate surface area is 179 Å². The summed E-state index contributed by atoms with van der Waals surface area (Å²) in [6, 6.07) is 7.38. The van der Waals surface area contributed by atoms with Gasteiger partial charge in [-0.15, -0.1) is 5.10 Å². The highest BCUT2D eigenvalue weighted by Crippen LogP contribution is 2.18. The largest absolute Gasteiger partial charge is 0.497 e. The van der Waals surface area contributed by atoms with Crippen molar-refractivity contribution < 1.29 is 14.2 Å². The van der Waals surface area contributed by atoms with Gasteiger partial charge in [-0.05, 0) is 42.5 Å². The molecular formula is C19H25N9O3. The molecule has 12 heteroatoms. The number of carbonyl (C=O) groups excluding carboxylic acids is 1. The van der Waals surface area contributed by atoms with Crippen LogP contribution in [0.25, 0.3) is 5.82 Å². The smallest absolute Gasteiger partial charge is 0.293 e. The summed E-state index contributed by atoms with van der Waals surface area (Å²) < 4.78 is 11.3. The predicted octanol–water partition coefficient (Wildman–Crippen LogP) is 1.24. The fourth-order valence-corrected chi connectivity index (χ4v) is 2.89. The lowest BCUT2D eigenvalue weighted by Gasteiger charge is -2.18. The quantitative estimate of drug-likeness (QED) is 0.380. The first-order valence-corrected chi connectivity index (χ1v) is 9.72. The summed E-state index contributed by atoms with van der Waals surface area (Å²) in [4.78, 5) is 15.0. The summed E-state index contributed by atoms with van der Waals surface area (Å²) >= 11 is 0. The van der Waals surface area contributed by atoms with Crippen LogP contribution in [0.1, 0.15) is 42.5 Å². The number of hydrazone groups is 1. The second kappa shape index (κ2) is 9.80. The minimum atomic E-state index is -0.509. The van der Waals surface area contributed by atoms with E-state index in [1.165, 1.54) is 4.68 Å². The van der Waals surface area contributed by atoms with E-state index in [2.05, 4.69) is 40.7 Å². The Balaban J connectivity index is 1.89. The lowest BCUT2D eigenvalue weighted by molar-refractivity contribution is 0.0947. The molecule has 0 aliphatic carbocycles. The van der Waals surface area contributed by atoms with Crippen LogP contribution in [-0.2, 0) is 6.54 Å². The van der Waals surface area contributed by atoms with Crippen molar-refractivity contribution in [1.29, 1.82) is 0 Å². The van der Waals surface area contributed by atoms with Gasteiger partial charge in [0.05, 0.1) is 18.5 Å². The molecule has 1 amide bonds. The van der Waals surface area contributed by atoms with Crippen LogP contribution < -0.4 is 15.9 Å². The summed E-state index contributed by atoms with van der Waals surface area (Å²) in [5.74, 6) is 0.404. The molecule has 0 spiro atoms. The average Bonchev–Trinajstić information content (AvgIpc) is 3.40. The maximum absolute atomic E-state index is 12.9. The molecule has 0 atom stereocenters. The Morgan fingerprint density at radius 2 is 2.10 bits per heavy atom. The van der Waals surface area contributed by atoms with Crippen molar-refractivity contribution in [1.82, 2.24) is 35.6 Å². The van der Waals surface area contributed by atoms with Crippen molar-refractivity contribution in [2.24, 2.45) is 5.10 Å². The van der Waals surface area contributed by atoms with Crippen molar-refractivity contribution in [3.8, 4) is 11.6 Å². The molecule has 3 N–H and O–H groups in total. The van der Waals surface area contributed by atoms with E-state index in [0.29, 0.717) is 23.7 Å². The minimum Gasteiger partial charge on any atom is -0.497 e. The van der Waals surface area contributed by atoms with Gasteiger partial charge >= 0.3 is 0 Å². The summed E-state index contributed by atoms with van der Waals surface area (Å²) in [5, 5.41) is 19.6. The van der Waals surface area contributed by atoms with Crippen LogP contribution in [0, 0.1) is 0 Å². The maximum Gasteiger partial charge on any atom is 0.293 e. The highest BCUT2D eigenvalue weighted by molar-refractivity contribution is 6.00. The standard InChI is InChI=1S/C19H25N9O3/c1-5-27(6-2)11-15-16(22-26-28(15)18-17(20)24-31-25-18)19(29)23-21-12(3)13-8-7-9-14(10-13)30-4/h7-10H,5-6,11H2,1-4H3,(H2,20,24)(H,23,29)/b21-12+. The monoisotopic (exact) mass is 427 g/mol. The van der Waals surface area contributed by atoms with Gasteiger partial charge in [-0.25, -0.2) is 10.1 Å². The zero-order chi connectivity index (χ0) is 22.4. The summed E-state index contributed by atoms with van der Waals surface area (Å²) in [6.07, 6.45) is 0. The maximum atomic E-state index is 12.9. The number of aromatic nitrogens is 5. The molecule has 0 aliphatic heterocycles. The number of ether oxygens (including phenoxy) is 1. The van der Waals surface area contributed by atoms with Crippen LogP contribution in [0.15, 0.2) is 34.0 Å². The number of benzene rings is 1. The number of nitrogens with two attached hydrogens (primary N) is 1. The van der Waals surface area contributed by atoms with Crippen molar-refractivity contribution in [3.63, 3.8) is 0 Å².